The topological polar surface area (TPSA) is 92.6 Å². The van der Waals surface area contributed by atoms with Crippen LogP contribution in [0.1, 0.15) is 41.6 Å². The van der Waals surface area contributed by atoms with E-state index in [1.807, 2.05) is 26.0 Å². The molecule has 1 aromatic heterocycles. The van der Waals surface area contributed by atoms with Crippen molar-refractivity contribution in [2.75, 3.05) is 11.5 Å². The van der Waals surface area contributed by atoms with E-state index in [0.29, 0.717) is 33.6 Å². The Morgan fingerprint density at radius 2 is 1.82 bits per heavy atom. The van der Waals surface area contributed by atoms with Gasteiger partial charge in [-0.05, 0) is 48.7 Å². The van der Waals surface area contributed by atoms with E-state index < -0.39 is 17.7 Å². The van der Waals surface area contributed by atoms with Crippen molar-refractivity contribution in [3.63, 3.8) is 0 Å². The third kappa shape index (κ3) is 5.78. The van der Waals surface area contributed by atoms with Gasteiger partial charge in [-0.1, -0.05) is 84.1 Å². The monoisotopic (exact) mass is 575 g/mol. The summed E-state index contributed by atoms with van der Waals surface area (Å²) in [7, 11) is 0. The van der Waals surface area contributed by atoms with Gasteiger partial charge in [0.15, 0.2) is 4.34 Å². The average molecular weight is 576 g/mol. The van der Waals surface area contributed by atoms with E-state index in [4.69, 9.17) is 4.74 Å². The Kier molecular flexibility index (Phi) is 8.27. The molecule has 4 aromatic rings. The van der Waals surface area contributed by atoms with E-state index in [0.717, 1.165) is 17.5 Å². The number of carbonyl (C=O) groups excluding carboxylic acids is 2. The van der Waals surface area contributed by atoms with Crippen LogP contribution in [-0.2, 0) is 15.3 Å². The number of carbonyl (C=O) groups is 2. The molecule has 0 spiro atoms. The maximum Gasteiger partial charge on any atom is 0.301 e. The van der Waals surface area contributed by atoms with Gasteiger partial charge in [-0.25, -0.2) is 4.39 Å². The number of ketones is 1. The number of aromatic nitrogens is 2. The Morgan fingerprint density at radius 3 is 2.55 bits per heavy atom. The third-order valence-corrected chi connectivity index (χ3v) is 8.42. The second kappa shape index (κ2) is 12.0. The molecule has 1 fully saturated rings. The molecule has 40 heavy (non-hydrogen) atoms. The van der Waals surface area contributed by atoms with E-state index in [-0.39, 0.29) is 22.3 Å². The van der Waals surface area contributed by atoms with Gasteiger partial charge in [0.2, 0.25) is 5.13 Å². The molecule has 1 aliphatic rings. The van der Waals surface area contributed by atoms with Crippen LogP contribution in [0.3, 0.4) is 0 Å². The van der Waals surface area contributed by atoms with Crippen LogP contribution >= 0.6 is 23.1 Å². The number of halogens is 1. The number of ether oxygens (including phenoxy) is 1. The van der Waals surface area contributed by atoms with Gasteiger partial charge in [0, 0.05) is 11.3 Å². The number of hydrogen-bond acceptors (Lipinski definition) is 8. The summed E-state index contributed by atoms with van der Waals surface area (Å²) in [5.41, 5.74) is 2.90. The summed E-state index contributed by atoms with van der Waals surface area (Å²) in [6.45, 7) is 4.44. The highest BCUT2D eigenvalue weighted by Crippen LogP contribution is 2.44. The highest BCUT2D eigenvalue weighted by molar-refractivity contribution is 8.00. The number of aryl methyl sites for hydroxylation is 1. The molecule has 1 unspecified atom stereocenters. The van der Waals surface area contributed by atoms with Crippen LogP contribution in [0.5, 0.6) is 5.75 Å². The van der Waals surface area contributed by atoms with Gasteiger partial charge >= 0.3 is 5.91 Å². The molecule has 5 rings (SSSR count). The SMILES string of the molecule is CCCOc1cccc(C2/C(=C(\O)c3ccc(C)cc3)C(=O)C(=O)N2c2nnc(SCc3ccc(F)cc3)s2)c1. The number of thioether (sulfide) groups is 1. The maximum absolute atomic E-state index is 13.5. The largest absolute Gasteiger partial charge is 0.507 e. The third-order valence-electron chi connectivity index (χ3n) is 6.29. The molecule has 0 saturated carbocycles. The standard InChI is InChI=1S/C30H26FN3O4S2/c1-3-15-38-23-6-4-5-21(16-23)25-24(26(35)20-11-7-18(2)8-12-20)27(36)28(37)34(25)29-32-33-30(40-29)39-17-19-9-13-22(31)14-10-19/h4-14,16,25,35H,3,15,17H2,1-2H3/b26-24+. The smallest absolute Gasteiger partial charge is 0.301 e. The van der Waals surface area contributed by atoms with Crippen molar-refractivity contribution >= 4 is 45.7 Å². The lowest BCUT2D eigenvalue weighted by Gasteiger charge is -2.23. The van der Waals surface area contributed by atoms with Crippen molar-refractivity contribution in [3.8, 4) is 5.75 Å². The molecule has 10 heteroatoms. The van der Waals surface area contributed by atoms with E-state index in [1.54, 1.807) is 48.5 Å². The highest BCUT2D eigenvalue weighted by Gasteiger charge is 2.48. The minimum atomic E-state index is -0.936. The van der Waals surface area contributed by atoms with Crippen LogP contribution in [0.4, 0.5) is 9.52 Å². The predicted molar refractivity (Wildman–Crippen MR) is 154 cm³/mol. The Labute approximate surface area is 239 Å². The molecule has 1 atom stereocenters. The number of Topliss-reactive ketones (excluding diaryl/α,β-unsaturated/α-hetero) is 1. The van der Waals surface area contributed by atoms with Crippen LogP contribution in [-0.4, -0.2) is 33.6 Å². The number of anilines is 1. The molecular formula is C30H26FN3O4S2. The summed E-state index contributed by atoms with van der Waals surface area (Å²) in [5, 5.41) is 20.0. The number of hydrogen-bond donors (Lipinski definition) is 1. The predicted octanol–water partition coefficient (Wildman–Crippen LogP) is 6.69. The van der Waals surface area contributed by atoms with Crippen molar-refractivity contribution < 1.29 is 23.8 Å². The van der Waals surface area contributed by atoms with E-state index in [1.165, 1.54) is 40.1 Å². The first-order chi connectivity index (χ1) is 19.4. The van der Waals surface area contributed by atoms with Gasteiger partial charge in [-0.15, -0.1) is 10.2 Å². The molecule has 0 bridgehead atoms. The summed E-state index contributed by atoms with van der Waals surface area (Å²) in [4.78, 5) is 28.2. The zero-order valence-corrected chi connectivity index (χ0v) is 23.5. The van der Waals surface area contributed by atoms with Crippen LogP contribution < -0.4 is 9.64 Å². The second-order valence-corrected chi connectivity index (χ2v) is 11.4. The normalized spacial score (nSPS) is 16.5. The highest BCUT2D eigenvalue weighted by atomic mass is 32.2. The summed E-state index contributed by atoms with van der Waals surface area (Å²) in [6, 6.07) is 19.5. The molecule has 1 N–H and O–H groups in total. The Morgan fingerprint density at radius 1 is 1.07 bits per heavy atom. The van der Waals surface area contributed by atoms with Gasteiger partial charge in [0.25, 0.3) is 5.78 Å². The summed E-state index contributed by atoms with van der Waals surface area (Å²) in [6.07, 6.45) is 0.819. The fraction of sp³-hybridized carbons (Fsp3) is 0.200. The van der Waals surface area contributed by atoms with Gasteiger partial charge in [0.1, 0.15) is 17.3 Å². The average Bonchev–Trinajstić information content (AvgIpc) is 3.53. The molecule has 204 valence electrons. The molecular weight excluding hydrogens is 549 g/mol. The molecule has 2 heterocycles. The quantitative estimate of drug-likeness (QED) is 0.0781. The lowest BCUT2D eigenvalue weighted by atomic mass is 9.95. The minimum absolute atomic E-state index is 0.0304. The fourth-order valence-corrected chi connectivity index (χ4v) is 6.11. The number of rotatable bonds is 9. The summed E-state index contributed by atoms with van der Waals surface area (Å²) >= 11 is 2.56. The Balaban J connectivity index is 1.54. The Hall–Kier alpha value is -4.02. The van der Waals surface area contributed by atoms with Gasteiger partial charge < -0.3 is 9.84 Å². The Bertz CT molecular complexity index is 1570. The number of amides is 1. The zero-order valence-electron chi connectivity index (χ0n) is 21.8. The lowest BCUT2D eigenvalue weighted by molar-refractivity contribution is -0.132. The number of nitrogens with zero attached hydrogens (tertiary/aromatic N) is 3. The van der Waals surface area contributed by atoms with Crippen molar-refractivity contribution in [1.82, 2.24) is 10.2 Å². The van der Waals surface area contributed by atoms with Crippen LogP contribution in [0.25, 0.3) is 5.76 Å². The van der Waals surface area contributed by atoms with E-state index in [2.05, 4.69) is 10.2 Å². The van der Waals surface area contributed by atoms with Crippen LogP contribution in [0, 0.1) is 12.7 Å². The lowest BCUT2D eigenvalue weighted by Crippen LogP contribution is -2.29. The zero-order chi connectivity index (χ0) is 28.2. The molecule has 1 aliphatic heterocycles. The van der Waals surface area contributed by atoms with E-state index in [9.17, 15) is 19.1 Å². The number of aliphatic hydroxyl groups excluding tert-OH is 1. The van der Waals surface area contributed by atoms with Crippen molar-refractivity contribution in [1.29, 1.82) is 0 Å². The van der Waals surface area contributed by atoms with Gasteiger partial charge in [-0.3, -0.25) is 14.5 Å². The van der Waals surface area contributed by atoms with E-state index >= 15 is 0 Å². The fourth-order valence-electron chi connectivity index (χ4n) is 4.29. The molecule has 1 amide bonds. The summed E-state index contributed by atoms with van der Waals surface area (Å²) < 4.78 is 19.6. The molecule has 1 saturated heterocycles. The van der Waals surface area contributed by atoms with Crippen LogP contribution in [0.2, 0.25) is 0 Å². The van der Waals surface area contributed by atoms with Crippen LogP contribution in [0.15, 0.2) is 82.7 Å². The molecule has 0 radical (unpaired) electrons. The van der Waals surface area contributed by atoms with Crippen molar-refractivity contribution in [2.24, 2.45) is 0 Å². The molecule has 3 aromatic carbocycles. The second-order valence-electron chi connectivity index (χ2n) is 9.22. The van der Waals surface area contributed by atoms with Crippen molar-refractivity contribution in [2.45, 2.75) is 36.4 Å². The number of benzene rings is 3. The molecule has 0 aliphatic carbocycles. The summed E-state index contributed by atoms with van der Waals surface area (Å²) in [5.74, 6) is -1.06. The first-order valence-electron chi connectivity index (χ1n) is 12.7. The first kappa shape index (κ1) is 27.5. The van der Waals surface area contributed by atoms with Gasteiger partial charge in [-0.2, -0.15) is 0 Å². The number of aliphatic hydroxyl groups is 1. The molecule has 7 nitrogen and oxygen atoms in total. The minimum Gasteiger partial charge on any atom is -0.507 e. The maximum atomic E-state index is 13.5. The van der Waals surface area contributed by atoms with Gasteiger partial charge in [0.05, 0.1) is 18.2 Å². The van der Waals surface area contributed by atoms with Crippen molar-refractivity contribution in [3.05, 3.63) is 106 Å². The first-order valence-corrected chi connectivity index (χ1v) is 14.5.